The number of ether oxygens (including phenoxy) is 1. The molecule has 126 valence electrons. The van der Waals surface area contributed by atoms with Gasteiger partial charge < -0.3 is 14.6 Å². The van der Waals surface area contributed by atoms with E-state index in [1.165, 1.54) is 24.2 Å². The van der Waals surface area contributed by atoms with Gasteiger partial charge in [-0.25, -0.2) is 14.2 Å². The van der Waals surface area contributed by atoms with Crippen LogP contribution in [0.4, 0.5) is 14.9 Å². The summed E-state index contributed by atoms with van der Waals surface area (Å²) in [6, 6.07) is 4.12. The lowest BCUT2D eigenvalue weighted by atomic mass is 10.2. The van der Waals surface area contributed by atoms with Crippen LogP contribution in [0.3, 0.4) is 0 Å². The van der Waals surface area contributed by atoms with E-state index in [2.05, 4.69) is 10.3 Å². The number of nitrogens with one attached hydrogen (secondary N) is 1. The highest BCUT2D eigenvalue weighted by Crippen LogP contribution is 2.26. The molecule has 1 fully saturated rings. The number of amides is 2. The first kappa shape index (κ1) is 16.0. The zero-order valence-corrected chi connectivity index (χ0v) is 13.3. The zero-order chi connectivity index (χ0) is 17.3. The standard InChI is InChI=1S/C16H17FN4O3/c1-10-7-20(9-19-10)15-4-3-12(5-14(15)17)21-13(6-18-11(2)22)8-24-16(21)23/h3-5,7,9,13H,6,8H2,1-2H3,(H,18,22)/t13-/m0/s1. The van der Waals surface area contributed by atoms with Gasteiger partial charge in [0, 0.05) is 19.7 Å². The molecule has 0 unspecified atom stereocenters. The Morgan fingerprint density at radius 1 is 1.50 bits per heavy atom. The van der Waals surface area contributed by atoms with Crippen molar-refractivity contribution in [1.29, 1.82) is 0 Å². The number of halogens is 1. The highest BCUT2D eigenvalue weighted by atomic mass is 19.1. The van der Waals surface area contributed by atoms with Gasteiger partial charge >= 0.3 is 6.09 Å². The zero-order valence-electron chi connectivity index (χ0n) is 13.3. The summed E-state index contributed by atoms with van der Waals surface area (Å²) in [6.07, 6.45) is 2.68. The van der Waals surface area contributed by atoms with Gasteiger partial charge in [0.15, 0.2) is 0 Å². The van der Waals surface area contributed by atoms with Gasteiger partial charge in [-0.2, -0.15) is 0 Å². The topological polar surface area (TPSA) is 76.5 Å². The summed E-state index contributed by atoms with van der Waals surface area (Å²) in [6.45, 7) is 3.59. The average Bonchev–Trinajstić information content (AvgIpc) is 3.11. The van der Waals surface area contributed by atoms with Crippen molar-refractivity contribution in [2.24, 2.45) is 0 Å². The molecule has 7 nitrogen and oxygen atoms in total. The van der Waals surface area contributed by atoms with Crippen LogP contribution in [0, 0.1) is 12.7 Å². The fourth-order valence-corrected chi connectivity index (χ4v) is 2.60. The number of aromatic nitrogens is 2. The number of hydrogen-bond donors (Lipinski definition) is 1. The third kappa shape index (κ3) is 3.08. The van der Waals surface area contributed by atoms with Gasteiger partial charge in [0.05, 0.1) is 29.4 Å². The molecule has 1 saturated heterocycles. The van der Waals surface area contributed by atoms with Gasteiger partial charge in [-0.15, -0.1) is 0 Å². The van der Waals surface area contributed by atoms with Crippen LogP contribution in [0.5, 0.6) is 0 Å². The summed E-state index contributed by atoms with van der Waals surface area (Å²) >= 11 is 0. The third-order valence-electron chi connectivity index (χ3n) is 3.75. The maximum Gasteiger partial charge on any atom is 0.414 e. The quantitative estimate of drug-likeness (QED) is 0.926. The lowest BCUT2D eigenvalue weighted by Crippen LogP contribution is -2.42. The van der Waals surface area contributed by atoms with Crippen LogP contribution in [0.2, 0.25) is 0 Å². The summed E-state index contributed by atoms with van der Waals surface area (Å²) in [4.78, 5) is 28.4. The highest BCUT2D eigenvalue weighted by Gasteiger charge is 2.34. The van der Waals surface area contributed by atoms with Crippen molar-refractivity contribution in [1.82, 2.24) is 14.9 Å². The van der Waals surface area contributed by atoms with Gasteiger partial charge in [-0.05, 0) is 25.1 Å². The Morgan fingerprint density at radius 2 is 2.29 bits per heavy atom. The van der Waals surface area contributed by atoms with Crippen LogP contribution in [-0.2, 0) is 9.53 Å². The normalized spacial score (nSPS) is 17.0. The monoisotopic (exact) mass is 332 g/mol. The lowest BCUT2D eigenvalue weighted by Gasteiger charge is -2.22. The molecule has 8 heteroatoms. The first-order valence-corrected chi connectivity index (χ1v) is 7.46. The molecule has 2 amide bonds. The number of carbonyl (C=O) groups excluding carboxylic acids is 2. The predicted octanol–water partition coefficient (Wildman–Crippen LogP) is 1.78. The summed E-state index contributed by atoms with van der Waals surface area (Å²) < 4.78 is 21.1. The molecule has 2 heterocycles. The molecule has 1 aliphatic rings. The van der Waals surface area contributed by atoms with Crippen LogP contribution in [0.1, 0.15) is 12.6 Å². The molecule has 1 aromatic heterocycles. The molecular formula is C16H17FN4O3. The maximum atomic E-state index is 14.5. The Bertz CT molecular complexity index is 789. The van der Waals surface area contributed by atoms with Gasteiger partial charge in [0.1, 0.15) is 12.4 Å². The first-order chi connectivity index (χ1) is 11.5. The summed E-state index contributed by atoms with van der Waals surface area (Å²) in [5.41, 5.74) is 1.49. The van der Waals surface area contributed by atoms with Crippen molar-refractivity contribution >= 4 is 17.7 Å². The average molecular weight is 332 g/mol. The van der Waals surface area contributed by atoms with Crippen molar-refractivity contribution in [2.45, 2.75) is 19.9 Å². The van der Waals surface area contributed by atoms with Crippen molar-refractivity contribution < 1.29 is 18.7 Å². The molecule has 0 aliphatic carbocycles. The Hall–Kier alpha value is -2.90. The van der Waals surface area contributed by atoms with E-state index in [-0.39, 0.29) is 25.1 Å². The number of imidazole rings is 1. The van der Waals surface area contributed by atoms with E-state index in [1.54, 1.807) is 22.9 Å². The SMILES string of the molecule is CC(=O)NC[C@H]1COC(=O)N1c1ccc(-n2cnc(C)c2)c(F)c1. The first-order valence-electron chi connectivity index (χ1n) is 7.46. The summed E-state index contributed by atoms with van der Waals surface area (Å²) in [5, 5.41) is 2.64. The number of carbonyl (C=O) groups is 2. The predicted molar refractivity (Wildman–Crippen MR) is 84.6 cm³/mol. The minimum absolute atomic E-state index is 0.142. The fraction of sp³-hybridized carbons (Fsp3) is 0.312. The van der Waals surface area contributed by atoms with Crippen molar-refractivity contribution in [3.05, 3.63) is 42.2 Å². The minimum atomic E-state index is -0.559. The van der Waals surface area contributed by atoms with E-state index < -0.39 is 11.9 Å². The molecule has 3 rings (SSSR count). The Balaban J connectivity index is 1.86. The number of hydrogen-bond acceptors (Lipinski definition) is 4. The van der Waals surface area contributed by atoms with E-state index in [0.717, 1.165) is 5.69 Å². The van der Waals surface area contributed by atoms with Crippen LogP contribution in [-0.4, -0.2) is 40.7 Å². The Labute approximate surface area is 138 Å². The fourth-order valence-electron chi connectivity index (χ4n) is 2.60. The number of anilines is 1. The molecule has 0 radical (unpaired) electrons. The number of cyclic esters (lactones) is 1. The van der Waals surface area contributed by atoms with Gasteiger partial charge in [-0.1, -0.05) is 0 Å². The molecule has 1 aromatic carbocycles. The molecule has 0 bridgehead atoms. The molecule has 1 N–H and O–H groups in total. The summed E-state index contributed by atoms with van der Waals surface area (Å²) in [7, 11) is 0. The van der Waals surface area contributed by atoms with E-state index in [4.69, 9.17) is 4.74 Å². The molecule has 0 saturated carbocycles. The Morgan fingerprint density at radius 3 is 2.92 bits per heavy atom. The molecule has 2 aromatic rings. The van der Waals surface area contributed by atoms with Crippen molar-refractivity contribution in [3.8, 4) is 5.69 Å². The van der Waals surface area contributed by atoms with Gasteiger partial charge in [0.2, 0.25) is 5.91 Å². The van der Waals surface area contributed by atoms with Crippen LogP contribution in [0.15, 0.2) is 30.7 Å². The van der Waals surface area contributed by atoms with Crippen LogP contribution >= 0.6 is 0 Å². The van der Waals surface area contributed by atoms with E-state index in [0.29, 0.717) is 11.4 Å². The highest BCUT2D eigenvalue weighted by molar-refractivity contribution is 5.90. The molecule has 1 atom stereocenters. The summed E-state index contributed by atoms with van der Waals surface area (Å²) in [5.74, 6) is -0.686. The van der Waals surface area contributed by atoms with Crippen molar-refractivity contribution in [2.75, 3.05) is 18.1 Å². The second-order valence-corrected chi connectivity index (χ2v) is 5.60. The van der Waals surface area contributed by atoms with Gasteiger partial charge in [-0.3, -0.25) is 9.69 Å². The largest absolute Gasteiger partial charge is 0.447 e. The van der Waals surface area contributed by atoms with Crippen LogP contribution < -0.4 is 10.2 Å². The second kappa shape index (κ2) is 6.31. The molecular weight excluding hydrogens is 315 g/mol. The molecule has 24 heavy (non-hydrogen) atoms. The Kier molecular flexibility index (Phi) is 4.20. The van der Waals surface area contributed by atoms with Crippen LogP contribution in [0.25, 0.3) is 5.69 Å². The number of rotatable bonds is 4. The van der Waals surface area contributed by atoms with Gasteiger partial charge in [0.25, 0.3) is 0 Å². The minimum Gasteiger partial charge on any atom is -0.447 e. The molecule has 0 spiro atoms. The second-order valence-electron chi connectivity index (χ2n) is 5.60. The van der Waals surface area contributed by atoms with E-state index in [9.17, 15) is 14.0 Å². The molecule has 1 aliphatic heterocycles. The van der Waals surface area contributed by atoms with Crippen molar-refractivity contribution in [3.63, 3.8) is 0 Å². The van der Waals surface area contributed by atoms with E-state index >= 15 is 0 Å². The smallest absolute Gasteiger partial charge is 0.414 e. The maximum absolute atomic E-state index is 14.5. The van der Waals surface area contributed by atoms with E-state index in [1.807, 2.05) is 6.92 Å². The number of benzene rings is 1. The number of nitrogens with zero attached hydrogens (tertiary/aromatic N) is 3. The third-order valence-corrected chi connectivity index (χ3v) is 3.75. The number of aryl methyl sites for hydroxylation is 1. The lowest BCUT2D eigenvalue weighted by molar-refractivity contribution is -0.119.